The molecule has 0 aliphatic heterocycles. The lowest BCUT2D eigenvalue weighted by atomic mass is 10.2. The Hall–Kier alpha value is -2.54. The molecule has 7 heteroatoms. The van der Waals surface area contributed by atoms with Gasteiger partial charge in [-0.3, -0.25) is 14.2 Å². The lowest BCUT2D eigenvalue weighted by Gasteiger charge is -2.13. The maximum absolute atomic E-state index is 12.9. The molecule has 0 atom stereocenters. The number of hydrogen-bond donors (Lipinski definition) is 1. The smallest absolute Gasteiger partial charge is 0.262 e. The predicted octanol–water partition coefficient (Wildman–Crippen LogP) is 2.65. The van der Waals surface area contributed by atoms with Crippen LogP contribution < -0.4 is 10.9 Å². The van der Waals surface area contributed by atoms with Crippen molar-refractivity contribution in [2.45, 2.75) is 31.6 Å². The topological polar surface area (TPSA) is 77.1 Å². The first-order valence-corrected chi connectivity index (χ1v) is 8.97. The summed E-state index contributed by atoms with van der Waals surface area (Å²) in [5.74, 6) is 0.765. The quantitative estimate of drug-likeness (QED) is 0.542. The molecule has 0 spiro atoms. The zero-order valence-corrected chi connectivity index (χ0v) is 14.9. The number of rotatable bonds is 6. The van der Waals surface area contributed by atoms with Gasteiger partial charge < -0.3 is 9.73 Å². The number of amides is 1. The maximum Gasteiger partial charge on any atom is 0.262 e. The molecule has 1 aromatic carbocycles. The zero-order chi connectivity index (χ0) is 17.8. The second-order valence-electron chi connectivity index (χ2n) is 5.89. The van der Waals surface area contributed by atoms with Crippen LogP contribution in [0, 0.1) is 0 Å². The van der Waals surface area contributed by atoms with E-state index in [1.165, 1.54) is 11.8 Å². The highest BCUT2D eigenvalue weighted by Crippen LogP contribution is 2.19. The van der Waals surface area contributed by atoms with Gasteiger partial charge >= 0.3 is 0 Å². The predicted molar refractivity (Wildman–Crippen MR) is 97.8 cm³/mol. The first kappa shape index (κ1) is 17.3. The number of carbonyl (C=O) groups excluding carboxylic acids is 1. The molecule has 6 nitrogen and oxygen atoms in total. The summed E-state index contributed by atoms with van der Waals surface area (Å²) in [6.07, 6.45) is 1.57. The number of carbonyl (C=O) groups is 1. The van der Waals surface area contributed by atoms with E-state index >= 15 is 0 Å². The van der Waals surface area contributed by atoms with Crippen LogP contribution >= 0.6 is 11.8 Å². The molecule has 2 heterocycles. The molecule has 3 rings (SSSR count). The number of thioether (sulfide) groups is 1. The Balaban J connectivity index is 1.96. The van der Waals surface area contributed by atoms with Crippen molar-refractivity contribution < 1.29 is 9.21 Å². The Labute approximate surface area is 149 Å². The lowest BCUT2D eigenvalue weighted by molar-refractivity contribution is -0.119. The lowest BCUT2D eigenvalue weighted by Crippen LogP contribution is -2.32. The monoisotopic (exact) mass is 357 g/mol. The Morgan fingerprint density at radius 3 is 2.80 bits per heavy atom. The van der Waals surface area contributed by atoms with Crippen LogP contribution in [0.2, 0.25) is 0 Å². The summed E-state index contributed by atoms with van der Waals surface area (Å²) in [6, 6.07) is 10.9. The number of para-hydroxylation sites is 1. The maximum atomic E-state index is 12.9. The van der Waals surface area contributed by atoms with Crippen LogP contribution in [0.25, 0.3) is 10.9 Å². The first-order chi connectivity index (χ1) is 12.0. The number of benzene rings is 1. The fourth-order valence-electron chi connectivity index (χ4n) is 2.45. The fourth-order valence-corrected chi connectivity index (χ4v) is 3.26. The van der Waals surface area contributed by atoms with E-state index in [1.54, 1.807) is 29.0 Å². The molecule has 0 saturated carbocycles. The van der Waals surface area contributed by atoms with Crippen molar-refractivity contribution in [3.05, 3.63) is 58.8 Å². The van der Waals surface area contributed by atoms with Crippen molar-refractivity contribution in [2.75, 3.05) is 5.75 Å². The van der Waals surface area contributed by atoms with Crippen LogP contribution in [0.3, 0.4) is 0 Å². The molecule has 0 unspecified atom stereocenters. The van der Waals surface area contributed by atoms with E-state index < -0.39 is 0 Å². The molecule has 0 saturated heterocycles. The number of aromatic nitrogens is 2. The van der Waals surface area contributed by atoms with Crippen LogP contribution in [-0.2, 0) is 11.3 Å². The van der Waals surface area contributed by atoms with Gasteiger partial charge in [-0.25, -0.2) is 4.98 Å². The van der Waals surface area contributed by atoms with Crippen molar-refractivity contribution in [3.8, 4) is 0 Å². The van der Waals surface area contributed by atoms with Crippen LogP contribution in [0.1, 0.15) is 19.6 Å². The molecule has 0 bridgehead atoms. The van der Waals surface area contributed by atoms with Crippen LogP contribution in [0.5, 0.6) is 0 Å². The minimum Gasteiger partial charge on any atom is -0.467 e. The van der Waals surface area contributed by atoms with E-state index in [2.05, 4.69) is 10.3 Å². The second kappa shape index (κ2) is 7.57. The average molecular weight is 357 g/mol. The molecule has 0 fully saturated rings. The standard InChI is InChI=1S/C18H19N3O3S/c1-12(2)19-16(22)11-25-18-20-15-8-4-3-7-14(15)17(23)21(18)10-13-6-5-9-24-13/h3-9,12H,10-11H2,1-2H3,(H,19,22). The minimum atomic E-state index is -0.145. The average Bonchev–Trinajstić information content (AvgIpc) is 3.08. The minimum absolute atomic E-state index is 0.0722. The third-order valence-corrected chi connectivity index (χ3v) is 4.48. The van der Waals surface area contributed by atoms with Gasteiger partial charge in [-0.05, 0) is 38.1 Å². The Morgan fingerprint density at radius 2 is 2.08 bits per heavy atom. The molecular weight excluding hydrogens is 338 g/mol. The molecular formula is C18H19N3O3S. The van der Waals surface area contributed by atoms with Gasteiger partial charge in [0.05, 0.1) is 29.5 Å². The molecule has 130 valence electrons. The molecule has 3 aromatic rings. The normalized spacial score (nSPS) is 11.2. The highest BCUT2D eigenvalue weighted by Gasteiger charge is 2.14. The number of fused-ring (bicyclic) bond motifs is 1. The summed E-state index contributed by atoms with van der Waals surface area (Å²) in [5, 5.41) is 3.88. The third kappa shape index (κ3) is 4.11. The van der Waals surface area contributed by atoms with Gasteiger partial charge in [-0.15, -0.1) is 0 Å². The van der Waals surface area contributed by atoms with Crippen molar-refractivity contribution in [1.29, 1.82) is 0 Å². The van der Waals surface area contributed by atoms with E-state index in [9.17, 15) is 9.59 Å². The number of furan rings is 1. The summed E-state index contributed by atoms with van der Waals surface area (Å²) >= 11 is 1.25. The number of nitrogens with zero attached hydrogens (tertiary/aromatic N) is 2. The van der Waals surface area contributed by atoms with Gasteiger partial charge in [-0.2, -0.15) is 0 Å². The molecule has 1 N–H and O–H groups in total. The van der Waals surface area contributed by atoms with Crippen LogP contribution in [0.4, 0.5) is 0 Å². The van der Waals surface area contributed by atoms with Gasteiger partial charge in [0.2, 0.25) is 5.91 Å². The van der Waals surface area contributed by atoms with Crippen molar-refractivity contribution in [1.82, 2.24) is 14.9 Å². The third-order valence-electron chi connectivity index (χ3n) is 3.50. The fraction of sp³-hybridized carbons (Fsp3) is 0.278. The number of hydrogen-bond acceptors (Lipinski definition) is 5. The van der Waals surface area contributed by atoms with E-state index in [-0.39, 0.29) is 29.8 Å². The molecule has 0 aliphatic carbocycles. The molecule has 25 heavy (non-hydrogen) atoms. The second-order valence-corrected chi connectivity index (χ2v) is 6.84. The Bertz CT molecular complexity index is 932. The van der Waals surface area contributed by atoms with Crippen LogP contribution in [-0.4, -0.2) is 27.3 Å². The zero-order valence-electron chi connectivity index (χ0n) is 14.1. The van der Waals surface area contributed by atoms with Gasteiger partial charge in [-0.1, -0.05) is 23.9 Å². The van der Waals surface area contributed by atoms with E-state index in [0.717, 1.165) is 0 Å². The molecule has 0 radical (unpaired) electrons. The van der Waals surface area contributed by atoms with Crippen molar-refractivity contribution in [2.24, 2.45) is 0 Å². The molecule has 0 aliphatic rings. The van der Waals surface area contributed by atoms with Gasteiger partial charge in [0, 0.05) is 6.04 Å². The summed E-state index contributed by atoms with van der Waals surface area (Å²) < 4.78 is 6.91. The Morgan fingerprint density at radius 1 is 1.28 bits per heavy atom. The number of nitrogens with one attached hydrogen (secondary N) is 1. The van der Waals surface area contributed by atoms with Crippen LogP contribution in [0.15, 0.2) is 57.0 Å². The van der Waals surface area contributed by atoms with E-state index in [0.29, 0.717) is 21.8 Å². The van der Waals surface area contributed by atoms with Crippen molar-refractivity contribution >= 4 is 28.6 Å². The van der Waals surface area contributed by atoms with E-state index in [4.69, 9.17) is 4.42 Å². The highest BCUT2D eigenvalue weighted by atomic mass is 32.2. The Kier molecular flexibility index (Phi) is 5.23. The molecule has 1 amide bonds. The highest BCUT2D eigenvalue weighted by molar-refractivity contribution is 7.99. The van der Waals surface area contributed by atoms with E-state index in [1.807, 2.05) is 32.0 Å². The summed E-state index contributed by atoms with van der Waals surface area (Å²) in [6.45, 7) is 4.09. The summed E-state index contributed by atoms with van der Waals surface area (Å²) in [7, 11) is 0. The van der Waals surface area contributed by atoms with Gasteiger partial charge in [0.25, 0.3) is 5.56 Å². The summed E-state index contributed by atoms with van der Waals surface area (Å²) in [4.78, 5) is 29.4. The van der Waals surface area contributed by atoms with Gasteiger partial charge in [0.15, 0.2) is 5.16 Å². The first-order valence-electron chi connectivity index (χ1n) is 7.98. The molecule has 2 aromatic heterocycles. The largest absolute Gasteiger partial charge is 0.467 e. The summed E-state index contributed by atoms with van der Waals surface area (Å²) in [5.41, 5.74) is 0.476. The SMILES string of the molecule is CC(C)NC(=O)CSc1nc2ccccc2c(=O)n1Cc1ccco1. The van der Waals surface area contributed by atoms with Crippen molar-refractivity contribution in [3.63, 3.8) is 0 Å². The van der Waals surface area contributed by atoms with Gasteiger partial charge in [0.1, 0.15) is 5.76 Å².